The van der Waals surface area contributed by atoms with Crippen LogP contribution in [-0.2, 0) is 14.9 Å². The Morgan fingerprint density at radius 2 is 2.18 bits per heavy atom. The SMILES string of the molecule is Cc1cc(C2(C(=O)O)CCOCC2)nc(=O)[nH]1. The summed E-state index contributed by atoms with van der Waals surface area (Å²) in [6.07, 6.45) is 0.691. The van der Waals surface area contributed by atoms with Crippen LogP contribution in [-0.4, -0.2) is 34.3 Å². The van der Waals surface area contributed by atoms with E-state index in [4.69, 9.17) is 4.74 Å². The van der Waals surface area contributed by atoms with Crippen LogP contribution in [0.5, 0.6) is 0 Å². The first-order chi connectivity index (χ1) is 8.04. The van der Waals surface area contributed by atoms with E-state index in [0.717, 1.165) is 0 Å². The number of rotatable bonds is 2. The fraction of sp³-hybridized carbons (Fsp3) is 0.545. The standard InChI is InChI=1S/C11H14N2O4/c1-7-6-8(13-10(16)12-7)11(9(14)15)2-4-17-5-3-11/h6H,2-5H2,1H3,(H,14,15)(H,12,13,16). The van der Waals surface area contributed by atoms with Gasteiger partial charge in [-0.05, 0) is 25.8 Å². The van der Waals surface area contributed by atoms with E-state index >= 15 is 0 Å². The molecule has 0 spiro atoms. The third kappa shape index (κ3) is 2.08. The molecule has 0 atom stereocenters. The van der Waals surface area contributed by atoms with Crippen LogP contribution >= 0.6 is 0 Å². The van der Waals surface area contributed by atoms with Gasteiger partial charge < -0.3 is 14.8 Å². The fourth-order valence-electron chi connectivity index (χ4n) is 2.12. The molecule has 0 amide bonds. The molecule has 2 heterocycles. The second-order valence-electron chi connectivity index (χ2n) is 4.25. The molecule has 92 valence electrons. The Morgan fingerprint density at radius 3 is 2.71 bits per heavy atom. The monoisotopic (exact) mass is 238 g/mol. The number of aryl methyl sites for hydroxylation is 1. The van der Waals surface area contributed by atoms with Gasteiger partial charge in [0, 0.05) is 18.9 Å². The summed E-state index contributed by atoms with van der Waals surface area (Å²) in [6.45, 7) is 2.46. The molecule has 1 saturated heterocycles. The summed E-state index contributed by atoms with van der Waals surface area (Å²) < 4.78 is 5.18. The number of carboxylic acids is 1. The number of H-pyrrole nitrogens is 1. The van der Waals surface area contributed by atoms with Gasteiger partial charge in [-0.1, -0.05) is 0 Å². The van der Waals surface area contributed by atoms with Crippen molar-refractivity contribution in [3.63, 3.8) is 0 Å². The normalized spacial score (nSPS) is 18.9. The van der Waals surface area contributed by atoms with Gasteiger partial charge in [0.25, 0.3) is 0 Å². The van der Waals surface area contributed by atoms with Crippen molar-refractivity contribution in [2.75, 3.05) is 13.2 Å². The zero-order valence-electron chi connectivity index (χ0n) is 9.52. The summed E-state index contributed by atoms with van der Waals surface area (Å²) in [5, 5.41) is 9.42. The number of ether oxygens (including phenoxy) is 1. The predicted octanol–water partition coefficient (Wildman–Crippen LogP) is 0.211. The summed E-state index contributed by atoms with van der Waals surface area (Å²) in [4.78, 5) is 29.1. The highest BCUT2D eigenvalue weighted by atomic mass is 16.5. The number of nitrogens with zero attached hydrogens (tertiary/aromatic N) is 1. The van der Waals surface area contributed by atoms with Crippen molar-refractivity contribution in [2.45, 2.75) is 25.2 Å². The molecular formula is C11H14N2O4. The van der Waals surface area contributed by atoms with Crippen LogP contribution in [0.2, 0.25) is 0 Å². The van der Waals surface area contributed by atoms with E-state index in [-0.39, 0.29) is 0 Å². The zero-order chi connectivity index (χ0) is 12.5. The lowest BCUT2D eigenvalue weighted by Gasteiger charge is -2.32. The number of hydrogen-bond donors (Lipinski definition) is 2. The number of aliphatic carboxylic acids is 1. The molecule has 0 aliphatic carbocycles. The molecule has 1 aliphatic heterocycles. The number of nitrogens with one attached hydrogen (secondary N) is 1. The highest BCUT2D eigenvalue weighted by molar-refractivity contribution is 5.80. The average Bonchev–Trinajstić information content (AvgIpc) is 2.28. The summed E-state index contributed by atoms with van der Waals surface area (Å²) in [7, 11) is 0. The molecule has 2 N–H and O–H groups in total. The van der Waals surface area contributed by atoms with Gasteiger partial charge in [0.2, 0.25) is 0 Å². The van der Waals surface area contributed by atoms with E-state index in [1.807, 2.05) is 0 Å². The Kier molecular flexibility index (Phi) is 2.97. The van der Waals surface area contributed by atoms with Gasteiger partial charge in [0.15, 0.2) is 0 Å². The van der Waals surface area contributed by atoms with Crippen LogP contribution in [0, 0.1) is 6.92 Å². The molecule has 0 radical (unpaired) electrons. The molecule has 1 aliphatic rings. The van der Waals surface area contributed by atoms with E-state index in [2.05, 4.69) is 9.97 Å². The number of aromatic nitrogens is 2. The van der Waals surface area contributed by atoms with E-state index in [1.54, 1.807) is 13.0 Å². The van der Waals surface area contributed by atoms with Gasteiger partial charge in [0.05, 0.1) is 5.69 Å². The van der Waals surface area contributed by atoms with Crippen molar-refractivity contribution in [1.29, 1.82) is 0 Å². The van der Waals surface area contributed by atoms with Crippen molar-refractivity contribution in [1.82, 2.24) is 9.97 Å². The smallest absolute Gasteiger partial charge is 0.345 e. The Morgan fingerprint density at radius 1 is 1.53 bits per heavy atom. The Balaban J connectivity index is 2.52. The molecule has 0 saturated carbocycles. The molecule has 6 heteroatoms. The van der Waals surface area contributed by atoms with Crippen molar-refractivity contribution >= 4 is 5.97 Å². The van der Waals surface area contributed by atoms with E-state index in [0.29, 0.717) is 37.4 Å². The van der Waals surface area contributed by atoms with Gasteiger partial charge in [-0.3, -0.25) is 4.79 Å². The Hall–Kier alpha value is -1.69. The van der Waals surface area contributed by atoms with E-state index in [1.165, 1.54) is 0 Å². The number of hydrogen-bond acceptors (Lipinski definition) is 4. The quantitative estimate of drug-likeness (QED) is 0.768. The second kappa shape index (κ2) is 4.29. The predicted molar refractivity (Wildman–Crippen MR) is 59.0 cm³/mol. The van der Waals surface area contributed by atoms with E-state index < -0.39 is 17.1 Å². The van der Waals surface area contributed by atoms with Crippen molar-refractivity contribution in [2.24, 2.45) is 0 Å². The first-order valence-corrected chi connectivity index (χ1v) is 5.44. The minimum absolute atomic E-state index is 0.328. The molecule has 1 aromatic heterocycles. The minimum atomic E-state index is -1.09. The molecule has 17 heavy (non-hydrogen) atoms. The third-order valence-corrected chi connectivity index (χ3v) is 3.13. The van der Waals surface area contributed by atoms with Gasteiger partial charge in [-0.25, -0.2) is 4.79 Å². The molecule has 2 rings (SSSR count). The summed E-state index contributed by atoms with van der Waals surface area (Å²) in [5.74, 6) is -0.946. The van der Waals surface area contributed by atoms with Crippen molar-refractivity contribution < 1.29 is 14.6 Å². The molecular weight excluding hydrogens is 224 g/mol. The number of aromatic amines is 1. The summed E-state index contributed by atoms with van der Waals surface area (Å²) in [6, 6.07) is 1.63. The van der Waals surface area contributed by atoms with Crippen LogP contribution < -0.4 is 5.69 Å². The van der Waals surface area contributed by atoms with Crippen LogP contribution in [0.1, 0.15) is 24.2 Å². The minimum Gasteiger partial charge on any atom is -0.481 e. The first kappa shape index (κ1) is 11.8. The summed E-state index contributed by atoms with van der Waals surface area (Å²) >= 11 is 0. The average molecular weight is 238 g/mol. The van der Waals surface area contributed by atoms with Crippen LogP contribution in [0.25, 0.3) is 0 Å². The topological polar surface area (TPSA) is 92.3 Å². The lowest BCUT2D eigenvalue weighted by molar-refractivity contribution is -0.148. The lowest BCUT2D eigenvalue weighted by atomic mass is 9.77. The van der Waals surface area contributed by atoms with Crippen molar-refractivity contribution in [3.05, 3.63) is 27.9 Å². The maximum Gasteiger partial charge on any atom is 0.345 e. The molecule has 0 bridgehead atoms. The van der Waals surface area contributed by atoms with Crippen molar-refractivity contribution in [3.8, 4) is 0 Å². The molecule has 1 aromatic rings. The Labute approximate surface area is 97.7 Å². The molecule has 1 fully saturated rings. The van der Waals surface area contributed by atoms with Gasteiger partial charge in [0.1, 0.15) is 5.41 Å². The molecule has 0 aromatic carbocycles. The van der Waals surface area contributed by atoms with Crippen LogP contribution in [0.15, 0.2) is 10.9 Å². The zero-order valence-corrected chi connectivity index (χ0v) is 9.52. The molecule has 6 nitrogen and oxygen atoms in total. The first-order valence-electron chi connectivity index (χ1n) is 5.44. The lowest BCUT2D eigenvalue weighted by Crippen LogP contribution is -2.43. The maximum absolute atomic E-state index is 11.5. The molecule has 0 unspecified atom stereocenters. The fourth-order valence-corrected chi connectivity index (χ4v) is 2.12. The Bertz CT molecular complexity index is 488. The largest absolute Gasteiger partial charge is 0.481 e. The van der Waals surface area contributed by atoms with Crippen LogP contribution in [0.4, 0.5) is 0 Å². The van der Waals surface area contributed by atoms with Gasteiger partial charge in [-0.2, -0.15) is 4.98 Å². The highest BCUT2D eigenvalue weighted by Crippen LogP contribution is 2.33. The number of carbonyl (C=O) groups is 1. The van der Waals surface area contributed by atoms with Gasteiger partial charge >= 0.3 is 11.7 Å². The van der Waals surface area contributed by atoms with E-state index in [9.17, 15) is 14.7 Å². The summed E-state index contributed by atoms with van der Waals surface area (Å²) in [5.41, 5.74) is -0.647. The van der Waals surface area contributed by atoms with Crippen LogP contribution in [0.3, 0.4) is 0 Å². The highest BCUT2D eigenvalue weighted by Gasteiger charge is 2.43. The number of carboxylic acid groups (broad SMARTS) is 1. The van der Waals surface area contributed by atoms with Gasteiger partial charge in [-0.15, -0.1) is 0 Å². The maximum atomic E-state index is 11.5. The third-order valence-electron chi connectivity index (χ3n) is 3.13. The second-order valence-corrected chi connectivity index (χ2v) is 4.25.